The van der Waals surface area contributed by atoms with Crippen LogP contribution in [0.3, 0.4) is 0 Å². The fourth-order valence-electron chi connectivity index (χ4n) is 1.39. The average Bonchev–Trinajstić information content (AvgIpc) is 2.62. The van der Waals surface area contributed by atoms with E-state index in [-0.39, 0.29) is 5.91 Å². The molecule has 1 aromatic heterocycles. The van der Waals surface area contributed by atoms with Crippen molar-refractivity contribution in [2.24, 2.45) is 0 Å². The molecule has 2 aromatic rings. The molecule has 0 aliphatic heterocycles. The van der Waals surface area contributed by atoms with E-state index in [1.807, 2.05) is 0 Å². The lowest BCUT2D eigenvalue weighted by Crippen LogP contribution is -2.12. The van der Waals surface area contributed by atoms with E-state index in [9.17, 15) is 4.79 Å². The topological polar surface area (TPSA) is 55.1 Å². The van der Waals surface area contributed by atoms with E-state index >= 15 is 0 Å². The van der Waals surface area contributed by atoms with Gasteiger partial charge in [0.1, 0.15) is 4.34 Å². The maximum absolute atomic E-state index is 12.1. The zero-order valence-corrected chi connectivity index (χ0v) is 14.6. The molecule has 0 bridgehead atoms. The Balaban J connectivity index is 2.32. The Hall–Kier alpha value is -0.270. The van der Waals surface area contributed by atoms with E-state index in [4.69, 9.17) is 28.9 Å². The van der Waals surface area contributed by atoms with Gasteiger partial charge in [-0.1, -0.05) is 23.2 Å². The Bertz CT molecular complexity index is 637. The number of hydrogen-bond donors (Lipinski definition) is 2. The second-order valence-electron chi connectivity index (χ2n) is 3.55. The Labute approximate surface area is 140 Å². The predicted molar refractivity (Wildman–Crippen MR) is 88.5 cm³/mol. The lowest BCUT2D eigenvalue weighted by atomic mass is 10.2. The van der Waals surface area contributed by atoms with Crippen molar-refractivity contribution < 1.29 is 4.79 Å². The number of thiophene rings is 1. The molecule has 3 N–H and O–H groups in total. The lowest BCUT2D eigenvalue weighted by Gasteiger charge is -2.10. The molecule has 1 heterocycles. The first-order chi connectivity index (χ1) is 8.88. The van der Waals surface area contributed by atoms with Gasteiger partial charge in [-0.25, -0.2) is 0 Å². The molecular formula is C11H6Br2Cl2N2OS. The largest absolute Gasteiger partial charge is 0.399 e. The molecule has 1 amide bonds. The van der Waals surface area contributed by atoms with Crippen LogP contribution in [-0.4, -0.2) is 5.91 Å². The van der Waals surface area contributed by atoms with Crippen molar-refractivity contribution in [1.82, 2.24) is 0 Å². The molecule has 3 nitrogen and oxygen atoms in total. The van der Waals surface area contributed by atoms with Crippen LogP contribution in [0.15, 0.2) is 27.1 Å². The number of anilines is 2. The molecule has 100 valence electrons. The number of halogens is 4. The summed E-state index contributed by atoms with van der Waals surface area (Å²) in [5.41, 5.74) is 7.19. The van der Waals surface area contributed by atoms with Gasteiger partial charge in [0.2, 0.25) is 0 Å². The van der Waals surface area contributed by atoms with Gasteiger partial charge in [-0.3, -0.25) is 4.79 Å². The highest BCUT2D eigenvalue weighted by atomic mass is 79.9. The monoisotopic (exact) mass is 442 g/mol. The summed E-state index contributed by atoms with van der Waals surface area (Å²) in [6.45, 7) is 0. The third-order valence-electron chi connectivity index (χ3n) is 2.20. The Kier molecular flexibility index (Phi) is 4.79. The molecule has 1 aromatic carbocycles. The second kappa shape index (κ2) is 6.01. The SMILES string of the molecule is Nc1cc(Br)c(NC(=O)c2cc(Cl)sc2Cl)c(Br)c1. The van der Waals surface area contributed by atoms with Crippen LogP contribution in [0.2, 0.25) is 8.67 Å². The van der Waals surface area contributed by atoms with Gasteiger partial charge in [-0.2, -0.15) is 0 Å². The van der Waals surface area contributed by atoms with Crippen LogP contribution in [0.4, 0.5) is 11.4 Å². The number of benzene rings is 1. The van der Waals surface area contributed by atoms with Crippen LogP contribution in [0.25, 0.3) is 0 Å². The Morgan fingerprint density at radius 3 is 2.26 bits per heavy atom. The number of nitrogens with one attached hydrogen (secondary N) is 1. The fourth-order valence-corrected chi connectivity index (χ4v) is 4.27. The van der Waals surface area contributed by atoms with Crippen LogP contribution in [0.1, 0.15) is 10.4 Å². The highest BCUT2D eigenvalue weighted by Crippen LogP contribution is 2.35. The van der Waals surface area contributed by atoms with Gasteiger partial charge in [0.15, 0.2) is 0 Å². The van der Waals surface area contributed by atoms with Crippen molar-refractivity contribution in [2.75, 3.05) is 11.1 Å². The minimum atomic E-state index is -0.334. The number of hydrogen-bond acceptors (Lipinski definition) is 3. The van der Waals surface area contributed by atoms with Crippen LogP contribution in [0, 0.1) is 0 Å². The standard InChI is InChI=1S/C11H6Br2Cl2N2OS/c12-6-1-4(16)2-7(13)9(6)17-11(18)5-3-8(14)19-10(5)15/h1-3H,16H2,(H,17,18). The predicted octanol–water partition coefficient (Wildman–Crippen LogP) is 5.41. The zero-order chi connectivity index (χ0) is 14.2. The normalized spacial score (nSPS) is 10.5. The smallest absolute Gasteiger partial charge is 0.258 e. The van der Waals surface area contributed by atoms with Gasteiger partial charge >= 0.3 is 0 Å². The van der Waals surface area contributed by atoms with Gasteiger partial charge in [0.05, 0.1) is 15.6 Å². The summed E-state index contributed by atoms with van der Waals surface area (Å²) in [6.07, 6.45) is 0. The average molecular weight is 445 g/mol. The van der Waals surface area contributed by atoms with E-state index < -0.39 is 0 Å². The molecule has 0 radical (unpaired) electrons. The Morgan fingerprint density at radius 2 is 1.79 bits per heavy atom. The van der Waals surface area contributed by atoms with Gasteiger partial charge < -0.3 is 11.1 Å². The second-order valence-corrected chi connectivity index (χ2v) is 7.55. The first-order valence-corrected chi connectivity index (χ1v) is 8.05. The number of carbonyl (C=O) groups excluding carboxylic acids is 1. The number of nitrogen functional groups attached to an aromatic ring is 1. The van der Waals surface area contributed by atoms with Gasteiger partial charge in [0, 0.05) is 14.6 Å². The molecule has 0 spiro atoms. The lowest BCUT2D eigenvalue weighted by molar-refractivity contribution is 0.102. The molecule has 8 heteroatoms. The molecule has 0 unspecified atom stereocenters. The molecule has 19 heavy (non-hydrogen) atoms. The summed E-state index contributed by atoms with van der Waals surface area (Å²) in [5.74, 6) is -0.334. The molecule has 0 aliphatic rings. The number of nitrogens with two attached hydrogens (primary N) is 1. The fraction of sp³-hybridized carbons (Fsp3) is 0. The molecule has 2 rings (SSSR count). The Morgan fingerprint density at radius 1 is 1.21 bits per heavy atom. The molecule has 0 saturated heterocycles. The van der Waals surface area contributed by atoms with E-state index in [1.165, 1.54) is 6.07 Å². The van der Waals surface area contributed by atoms with Crippen molar-refractivity contribution in [3.8, 4) is 0 Å². The maximum Gasteiger partial charge on any atom is 0.258 e. The van der Waals surface area contributed by atoms with Crippen molar-refractivity contribution in [3.63, 3.8) is 0 Å². The third-order valence-corrected chi connectivity index (χ3v) is 4.94. The van der Waals surface area contributed by atoms with Crippen LogP contribution in [-0.2, 0) is 0 Å². The van der Waals surface area contributed by atoms with Gasteiger partial charge in [-0.05, 0) is 50.1 Å². The highest BCUT2D eigenvalue weighted by molar-refractivity contribution is 9.11. The van der Waals surface area contributed by atoms with Crippen LogP contribution in [0.5, 0.6) is 0 Å². The van der Waals surface area contributed by atoms with E-state index in [0.717, 1.165) is 11.3 Å². The molecular weight excluding hydrogens is 439 g/mol. The first kappa shape index (κ1) is 15.1. The summed E-state index contributed by atoms with van der Waals surface area (Å²) in [6, 6.07) is 4.92. The summed E-state index contributed by atoms with van der Waals surface area (Å²) >= 11 is 19.6. The molecule has 0 aliphatic carbocycles. The van der Waals surface area contributed by atoms with E-state index in [1.54, 1.807) is 12.1 Å². The zero-order valence-electron chi connectivity index (χ0n) is 9.14. The van der Waals surface area contributed by atoms with Crippen molar-refractivity contribution in [3.05, 3.63) is 41.4 Å². The molecule has 0 atom stereocenters. The third kappa shape index (κ3) is 3.44. The van der Waals surface area contributed by atoms with Crippen LogP contribution >= 0.6 is 66.4 Å². The number of rotatable bonds is 2. The first-order valence-electron chi connectivity index (χ1n) is 4.89. The highest BCUT2D eigenvalue weighted by Gasteiger charge is 2.17. The van der Waals surface area contributed by atoms with Crippen molar-refractivity contribution in [1.29, 1.82) is 0 Å². The summed E-state index contributed by atoms with van der Waals surface area (Å²) < 4.78 is 2.16. The number of amides is 1. The minimum absolute atomic E-state index is 0.334. The maximum atomic E-state index is 12.1. The summed E-state index contributed by atoms with van der Waals surface area (Å²) in [7, 11) is 0. The molecule has 0 fully saturated rings. The van der Waals surface area contributed by atoms with Crippen molar-refractivity contribution >= 4 is 83.7 Å². The summed E-state index contributed by atoms with van der Waals surface area (Å²) in [5, 5.41) is 2.75. The number of carbonyl (C=O) groups is 1. The van der Waals surface area contributed by atoms with E-state index in [0.29, 0.717) is 34.6 Å². The van der Waals surface area contributed by atoms with Crippen molar-refractivity contribution in [2.45, 2.75) is 0 Å². The minimum Gasteiger partial charge on any atom is -0.399 e. The van der Waals surface area contributed by atoms with Gasteiger partial charge in [0.25, 0.3) is 5.91 Å². The quantitative estimate of drug-likeness (QED) is 0.608. The molecule has 0 saturated carbocycles. The summed E-state index contributed by atoms with van der Waals surface area (Å²) in [4.78, 5) is 12.1. The van der Waals surface area contributed by atoms with E-state index in [2.05, 4.69) is 37.2 Å². The van der Waals surface area contributed by atoms with Gasteiger partial charge in [-0.15, -0.1) is 11.3 Å². The van der Waals surface area contributed by atoms with Crippen LogP contribution < -0.4 is 11.1 Å².